The van der Waals surface area contributed by atoms with Crippen molar-refractivity contribution in [3.8, 4) is 0 Å². The maximum Gasteiger partial charge on any atom is 0.244 e. The molecule has 0 bridgehead atoms. The molecule has 7 nitrogen and oxygen atoms in total. The first kappa shape index (κ1) is 23.0. The van der Waals surface area contributed by atoms with E-state index >= 15 is 0 Å². The zero-order chi connectivity index (χ0) is 23.2. The first-order valence-electron chi connectivity index (χ1n) is 11.8. The van der Waals surface area contributed by atoms with Gasteiger partial charge in [-0.3, -0.25) is 19.3 Å². The minimum absolute atomic E-state index is 0.0278. The number of rotatable bonds is 7. The highest BCUT2D eigenvalue weighted by Gasteiger charge is 2.26. The fourth-order valence-electron chi connectivity index (χ4n) is 4.49. The normalized spacial score (nSPS) is 18.4. The summed E-state index contributed by atoms with van der Waals surface area (Å²) in [6, 6.07) is 16.2. The van der Waals surface area contributed by atoms with Crippen molar-refractivity contribution in [2.45, 2.75) is 58.2 Å². The monoisotopic (exact) mass is 448 g/mol. The van der Waals surface area contributed by atoms with Crippen LogP contribution in [-0.2, 0) is 27.5 Å². The molecule has 2 aliphatic heterocycles. The second kappa shape index (κ2) is 10.6. The second-order valence-electron chi connectivity index (χ2n) is 8.95. The van der Waals surface area contributed by atoms with Gasteiger partial charge in [-0.1, -0.05) is 42.8 Å². The number of hydrogen-bond donors (Lipinski definition) is 2. The largest absolute Gasteiger partial charge is 0.352 e. The van der Waals surface area contributed by atoms with Crippen LogP contribution in [0.3, 0.4) is 0 Å². The van der Waals surface area contributed by atoms with Crippen molar-refractivity contribution in [2.75, 3.05) is 23.3 Å². The van der Waals surface area contributed by atoms with E-state index in [9.17, 15) is 14.4 Å². The first-order chi connectivity index (χ1) is 16.0. The Hall–Kier alpha value is -3.19. The van der Waals surface area contributed by atoms with Crippen molar-refractivity contribution in [3.63, 3.8) is 0 Å². The number of hydrogen-bond acceptors (Lipinski definition) is 4. The summed E-state index contributed by atoms with van der Waals surface area (Å²) in [5.41, 5.74) is 3.60. The third kappa shape index (κ3) is 5.99. The van der Waals surface area contributed by atoms with E-state index in [0.29, 0.717) is 24.0 Å². The Morgan fingerprint density at radius 2 is 1.79 bits per heavy atom. The molecule has 1 fully saturated rings. The first-order valence-corrected chi connectivity index (χ1v) is 11.8. The van der Waals surface area contributed by atoms with Gasteiger partial charge in [0.25, 0.3) is 0 Å². The molecule has 1 unspecified atom stereocenters. The lowest BCUT2D eigenvalue weighted by molar-refractivity contribution is -0.125. The molecule has 1 atom stereocenters. The molecule has 174 valence electrons. The van der Waals surface area contributed by atoms with Gasteiger partial charge in [-0.15, -0.1) is 0 Å². The Balaban J connectivity index is 1.23. The van der Waals surface area contributed by atoms with Crippen LogP contribution in [0.1, 0.15) is 50.2 Å². The van der Waals surface area contributed by atoms with Gasteiger partial charge in [-0.05, 0) is 49.6 Å². The molecule has 2 N–H and O–H groups in total. The third-order valence-electron chi connectivity index (χ3n) is 6.48. The number of benzene rings is 2. The average Bonchev–Trinajstić information content (AvgIpc) is 2.83. The molecule has 2 aromatic carbocycles. The molecule has 2 aromatic rings. The van der Waals surface area contributed by atoms with Gasteiger partial charge in [0.2, 0.25) is 17.7 Å². The lowest BCUT2D eigenvalue weighted by atomic mass is 10.0. The molecule has 7 heteroatoms. The standard InChI is InChI=1S/C26H32N4O3/c1-19-6-4-5-15-29(19)17-21-11-9-20(10-12-21)16-27-24(31)13-14-26(33)30-18-25(32)28-22-7-2-3-8-23(22)30/h2-3,7-12,19H,4-6,13-18H2,1H3,(H,27,31)(H,28,32). The molecule has 4 rings (SSSR count). The van der Waals surface area contributed by atoms with Crippen LogP contribution >= 0.6 is 0 Å². The molecule has 0 radical (unpaired) electrons. The van der Waals surface area contributed by atoms with Crippen molar-refractivity contribution in [2.24, 2.45) is 0 Å². The summed E-state index contributed by atoms with van der Waals surface area (Å²) >= 11 is 0. The van der Waals surface area contributed by atoms with E-state index in [-0.39, 0.29) is 37.1 Å². The van der Waals surface area contributed by atoms with Gasteiger partial charge < -0.3 is 15.5 Å². The van der Waals surface area contributed by atoms with E-state index in [1.807, 2.05) is 6.07 Å². The molecule has 0 saturated carbocycles. The van der Waals surface area contributed by atoms with E-state index in [4.69, 9.17) is 0 Å². The highest BCUT2D eigenvalue weighted by Crippen LogP contribution is 2.29. The Labute approximate surface area is 195 Å². The highest BCUT2D eigenvalue weighted by atomic mass is 16.2. The number of para-hydroxylation sites is 2. The predicted octanol–water partition coefficient (Wildman–Crippen LogP) is 3.44. The Kier molecular flexibility index (Phi) is 7.40. The summed E-state index contributed by atoms with van der Waals surface area (Å²) in [6.45, 7) is 4.83. The topological polar surface area (TPSA) is 81.8 Å². The van der Waals surface area contributed by atoms with Crippen molar-refractivity contribution in [1.82, 2.24) is 10.2 Å². The zero-order valence-corrected chi connectivity index (χ0v) is 19.2. The number of fused-ring (bicyclic) bond motifs is 1. The van der Waals surface area contributed by atoms with Gasteiger partial charge in [0.15, 0.2) is 0 Å². The Bertz CT molecular complexity index is 1000. The summed E-state index contributed by atoms with van der Waals surface area (Å²) in [4.78, 5) is 40.9. The van der Waals surface area contributed by atoms with Gasteiger partial charge in [0.05, 0.1) is 11.4 Å². The van der Waals surface area contributed by atoms with Crippen molar-refractivity contribution >= 4 is 29.1 Å². The lowest BCUT2D eigenvalue weighted by Gasteiger charge is -2.33. The Morgan fingerprint density at radius 3 is 2.58 bits per heavy atom. The Morgan fingerprint density at radius 1 is 1.03 bits per heavy atom. The van der Waals surface area contributed by atoms with Gasteiger partial charge in [0.1, 0.15) is 6.54 Å². The summed E-state index contributed by atoms with van der Waals surface area (Å²) in [6.07, 6.45) is 4.01. The smallest absolute Gasteiger partial charge is 0.244 e. The molecule has 33 heavy (non-hydrogen) atoms. The van der Waals surface area contributed by atoms with Gasteiger partial charge in [0, 0.05) is 32.0 Å². The summed E-state index contributed by atoms with van der Waals surface area (Å²) in [5, 5.41) is 5.66. The van der Waals surface area contributed by atoms with E-state index in [1.54, 1.807) is 18.2 Å². The van der Waals surface area contributed by atoms with Crippen LogP contribution in [0.25, 0.3) is 0 Å². The van der Waals surface area contributed by atoms with E-state index < -0.39 is 0 Å². The number of likely N-dealkylation sites (tertiary alicyclic amines) is 1. The summed E-state index contributed by atoms with van der Waals surface area (Å²) < 4.78 is 0. The fraction of sp³-hybridized carbons (Fsp3) is 0.423. The molecular weight excluding hydrogens is 416 g/mol. The maximum atomic E-state index is 12.7. The number of nitrogens with one attached hydrogen (secondary N) is 2. The van der Waals surface area contributed by atoms with Crippen molar-refractivity contribution < 1.29 is 14.4 Å². The molecule has 2 heterocycles. The minimum Gasteiger partial charge on any atom is -0.352 e. The molecule has 1 saturated heterocycles. The lowest BCUT2D eigenvalue weighted by Crippen LogP contribution is -2.42. The number of carbonyl (C=O) groups is 3. The van der Waals surface area contributed by atoms with Crippen LogP contribution in [0.15, 0.2) is 48.5 Å². The maximum absolute atomic E-state index is 12.7. The van der Waals surface area contributed by atoms with Crippen LogP contribution < -0.4 is 15.5 Å². The SMILES string of the molecule is CC1CCCCN1Cc1ccc(CNC(=O)CCC(=O)N2CC(=O)Nc3ccccc32)cc1. The van der Waals surface area contributed by atoms with E-state index in [1.165, 1.54) is 29.7 Å². The van der Waals surface area contributed by atoms with E-state index in [0.717, 1.165) is 18.7 Å². The number of nitrogens with zero attached hydrogens (tertiary/aromatic N) is 2. The van der Waals surface area contributed by atoms with Crippen LogP contribution in [0, 0.1) is 0 Å². The molecular formula is C26H32N4O3. The number of amides is 3. The van der Waals surface area contributed by atoms with Crippen LogP contribution in [-0.4, -0.2) is 41.8 Å². The van der Waals surface area contributed by atoms with Crippen LogP contribution in [0.5, 0.6) is 0 Å². The highest BCUT2D eigenvalue weighted by molar-refractivity contribution is 6.10. The molecule has 0 spiro atoms. The molecule has 2 aliphatic rings. The average molecular weight is 449 g/mol. The quantitative estimate of drug-likeness (QED) is 0.680. The molecule has 0 aromatic heterocycles. The summed E-state index contributed by atoms with van der Waals surface area (Å²) in [5.74, 6) is -0.641. The van der Waals surface area contributed by atoms with Crippen LogP contribution in [0.4, 0.5) is 11.4 Å². The zero-order valence-electron chi connectivity index (χ0n) is 19.2. The van der Waals surface area contributed by atoms with Crippen molar-refractivity contribution in [3.05, 3.63) is 59.7 Å². The number of carbonyl (C=O) groups excluding carboxylic acids is 3. The molecule has 0 aliphatic carbocycles. The molecule has 3 amide bonds. The van der Waals surface area contributed by atoms with Gasteiger partial charge in [-0.25, -0.2) is 0 Å². The number of piperidine rings is 1. The van der Waals surface area contributed by atoms with Crippen molar-refractivity contribution in [1.29, 1.82) is 0 Å². The number of anilines is 2. The van der Waals surface area contributed by atoms with E-state index in [2.05, 4.69) is 46.7 Å². The van der Waals surface area contributed by atoms with Crippen LogP contribution in [0.2, 0.25) is 0 Å². The summed E-state index contributed by atoms with van der Waals surface area (Å²) in [7, 11) is 0. The fourth-order valence-corrected chi connectivity index (χ4v) is 4.49. The second-order valence-corrected chi connectivity index (χ2v) is 8.95. The van der Waals surface area contributed by atoms with Gasteiger partial charge >= 0.3 is 0 Å². The minimum atomic E-state index is -0.233. The third-order valence-corrected chi connectivity index (χ3v) is 6.48. The predicted molar refractivity (Wildman–Crippen MR) is 129 cm³/mol. The van der Waals surface area contributed by atoms with Gasteiger partial charge in [-0.2, -0.15) is 0 Å².